The summed E-state index contributed by atoms with van der Waals surface area (Å²) in [5, 5.41) is 2.41. The molecule has 0 bridgehead atoms. The number of imidazole rings is 1. The normalized spacial score (nSPS) is 19.2. The van der Waals surface area contributed by atoms with E-state index in [-0.39, 0.29) is 29.4 Å². The maximum atomic E-state index is 13.0. The number of fused-ring (bicyclic) bond motifs is 2. The molecule has 13 heteroatoms. The van der Waals surface area contributed by atoms with Crippen LogP contribution >= 0.6 is 0 Å². The third-order valence-corrected chi connectivity index (χ3v) is 7.49. The SMILES string of the molecule is CN1CC2CCC(c3nc(-c4ccc(C(=O)Nc5cc(C(F)(F)F)ccn5)cc4)c4c(N)nccn34)CN2C1=O. The van der Waals surface area contributed by atoms with Crippen molar-refractivity contribution in [3.05, 3.63) is 71.9 Å². The maximum absolute atomic E-state index is 13.0. The molecule has 3 N–H and O–H groups in total. The number of urea groups is 1. The Labute approximate surface area is 226 Å². The third kappa shape index (κ3) is 4.46. The van der Waals surface area contributed by atoms with Gasteiger partial charge in [-0.25, -0.2) is 19.7 Å². The van der Waals surface area contributed by atoms with Gasteiger partial charge >= 0.3 is 12.2 Å². The molecule has 2 aliphatic heterocycles. The zero-order chi connectivity index (χ0) is 28.2. The van der Waals surface area contributed by atoms with Crippen LogP contribution in [0, 0.1) is 0 Å². The van der Waals surface area contributed by atoms with Crippen molar-refractivity contribution >= 4 is 29.1 Å². The number of nitrogens with zero attached hydrogens (tertiary/aromatic N) is 6. The fraction of sp³-hybridized carbons (Fsp3) is 0.296. The number of halogens is 3. The van der Waals surface area contributed by atoms with Gasteiger partial charge in [0, 0.05) is 55.8 Å². The molecule has 2 aliphatic rings. The Morgan fingerprint density at radius 3 is 2.60 bits per heavy atom. The van der Waals surface area contributed by atoms with Crippen LogP contribution in [-0.4, -0.2) is 67.3 Å². The molecule has 3 aromatic heterocycles. The summed E-state index contributed by atoms with van der Waals surface area (Å²) in [5.74, 6) is 0.258. The first-order valence-corrected chi connectivity index (χ1v) is 12.7. The maximum Gasteiger partial charge on any atom is 0.416 e. The van der Waals surface area contributed by atoms with E-state index in [1.54, 1.807) is 41.6 Å². The van der Waals surface area contributed by atoms with Crippen LogP contribution in [0.25, 0.3) is 16.8 Å². The summed E-state index contributed by atoms with van der Waals surface area (Å²) in [6.45, 7) is 1.27. The number of alkyl halides is 3. The molecule has 206 valence electrons. The smallest absolute Gasteiger partial charge is 0.382 e. The van der Waals surface area contributed by atoms with Gasteiger partial charge in [0.1, 0.15) is 28.7 Å². The van der Waals surface area contributed by atoms with E-state index in [1.807, 2.05) is 16.3 Å². The van der Waals surface area contributed by atoms with Gasteiger partial charge in [-0.3, -0.25) is 9.20 Å². The lowest BCUT2D eigenvalue weighted by atomic mass is 9.93. The van der Waals surface area contributed by atoms with Gasteiger partial charge in [0.2, 0.25) is 0 Å². The summed E-state index contributed by atoms with van der Waals surface area (Å²) >= 11 is 0. The van der Waals surface area contributed by atoms with Crippen molar-refractivity contribution in [2.75, 3.05) is 31.2 Å². The van der Waals surface area contributed by atoms with E-state index >= 15 is 0 Å². The van der Waals surface area contributed by atoms with Gasteiger partial charge in [-0.05, 0) is 37.1 Å². The number of nitrogens with two attached hydrogens (primary N) is 1. The molecule has 2 saturated heterocycles. The number of carbonyl (C=O) groups excluding carboxylic acids is 2. The molecule has 0 radical (unpaired) electrons. The number of aromatic nitrogens is 4. The van der Waals surface area contributed by atoms with Crippen LogP contribution in [0.2, 0.25) is 0 Å². The van der Waals surface area contributed by atoms with E-state index in [1.165, 1.54) is 0 Å². The highest BCUT2D eigenvalue weighted by atomic mass is 19.4. The second-order valence-electron chi connectivity index (χ2n) is 10.1. The molecular formula is C27H25F3N8O2. The fourth-order valence-electron chi connectivity index (χ4n) is 5.50. The van der Waals surface area contributed by atoms with E-state index in [0.29, 0.717) is 29.1 Å². The predicted octanol–water partition coefficient (Wildman–Crippen LogP) is 4.26. The number of carbonyl (C=O) groups is 2. The number of hydrogen-bond donors (Lipinski definition) is 2. The summed E-state index contributed by atoms with van der Waals surface area (Å²) in [4.78, 5) is 42.0. The van der Waals surface area contributed by atoms with E-state index in [0.717, 1.165) is 43.5 Å². The van der Waals surface area contributed by atoms with Crippen molar-refractivity contribution in [3.63, 3.8) is 0 Å². The van der Waals surface area contributed by atoms with Crippen molar-refractivity contribution in [2.24, 2.45) is 0 Å². The molecule has 6 rings (SSSR count). The van der Waals surface area contributed by atoms with Gasteiger partial charge < -0.3 is 20.9 Å². The van der Waals surface area contributed by atoms with Gasteiger partial charge in [-0.15, -0.1) is 0 Å². The molecule has 0 spiro atoms. The molecule has 40 heavy (non-hydrogen) atoms. The topological polar surface area (TPSA) is 122 Å². The summed E-state index contributed by atoms with van der Waals surface area (Å²) < 4.78 is 40.9. The molecule has 5 heterocycles. The van der Waals surface area contributed by atoms with Gasteiger partial charge in [0.05, 0.1) is 11.6 Å². The quantitative estimate of drug-likeness (QED) is 0.392. The lowest BCUT2D eigenvalue weighted by Gasteiger charge is -2.33. The Bertz CT molecular complexity index is 1620. The molecule has 4 aromatic rings. The predicted molar refractivity (Wildman–Crippen MR) is 141 cm³/mol. The van der Waals surface area contributed by atoms with Crippen LogP contribution in [-0.2, 0) is 6.18 Å². The van der Waals surface area contributed by atoms with Crippen LogP contribution < -0.4 is 11.1 Å². The van der Waals surface area contributed by atoms with Crippen LogP contribution in [0.3, 0.4) is 0 Å². The van der Waals surface area contributed by atoms with Gasteiger partial charge in [0.25, 0.3) is 5.91 Å². The number of anilines is 2. The second kappa shape index (κ2) is 9.50. The van der Waals surface area contributed by atoms with Gasteiger partial charge in [0.15, 0.2) is 0 Å². The first-order chi connectivity index (χ1) is 19.1. The zero-order valence-electron chi connectivity index (χ0n) is 21.4. The number of likely N-dealkylation sites (N-methyl/N-ethyl adjacent to an activating group) is 1. The van der Waals surface area contributed by atoms with Crippen molar-refractivity contribution < 1.29 is 22.8 Å². The number of benzene rings is 1. The van der Waals surface area contributed by atoms with Crippen molar-refractivity contribution in [1.82, 2.24) is 29.2 Å². The molecule has 2 unspecified atom stereocenters. The Kier molecular flexibility index (Phi) is 6.08. The summed E-state index contributed by atoms with van der Waals surface area (Å²) in [7, 11) is 1.81. The lowest BCUT2D eigenvalue weighted by Crippen LogP contribution is -2.42. The Hall–Kier alpha value is -4.68. The summed E-state index contributed by atoms with van der Waals surface area (Å²) in [5.41, 5.74) is 7.48. The summed E-state index contributed by atoms with van der Waals surface area (Å²) in [6, 6.07) is 8.34. The van der Waals surface area contributed by atoms with E-state index < -0.39 is 17.6 Å². The first kappa shape index (κ1) is 25.6. The van der Waals surface area contributed by atoms with Crippen LogP contribution in [0.15, 0.2) is 55.0 Å². The van der Waals surface area contributed by atoms with E-state index in [9.17, 15) is 22.8 Å². The van der Waals surface area contributed by atoms with Gasteiger partial charge in [-0.2, -0.15) is 13.2 Å². The average molecular weight is 551 g/mol. The molecule has 3 amide bonds. The van der Waals surface area contributed by atoms with Crippen LogP contribution in [0.4, 0.5) is 29.6 Å². The number of nitrogens with one attached hydrogen (secondary N) is 1. The Morgan fingerprint density at radius 1 is 1.07 bits per heavy atom. The summed E-state index contributed by atoms with van der Waals surface area (Å²) in [6.07, 6.45) is 1.58. The highest BCUT2D eigenvalue weighted by Crippen LogP contribution is 2.37. The standard InChI is InChI=1S/C27H25F3N8O2/c1-36-14-19-7-6-17(13-38(19)26(36)40)24-35-21(22-23(31)33-10-11-37(22)24)15-2-4-16(5-3-15)25(39)34-20-12-18(8-9-32-20)27(28,29)30/h2-5,8-12,17,19H,6-7,13-14H2,1H3,(H2,31,33)(H,32,34,39). The second-order valence-corrected chi connectivity index (χ2v) is 10.1. The largest absolute Gasteiger partial charge is 0.416 e. The van der Waals surface area contributed by atoms with Crippen molar-refractivity contribution in [2.45, 2.75) is 31.0 Å². The van der Waals surface area contributed by atoms with Crippen LogP contribution in [0.5, 0.6) is 0 Å². The minimum absolute atomic E-state index is 0.000220. The monoisotopic (exact) mass is 550 g/mol. The average Bonchev–Trinajstić information content (AvgIpc) is 3.46. The number of pyridine rings is 1. The van der Waals surface area contributed by atoms with Crippen LogP contribution in [0.1, 0.15) is 40.5 Å². The Morgan fingerprint density at radius 2 is 1.85 bits per heavy atom. The number of hydrogen-bond acceptors (Lipinski definition) is 6. The molecule has 1 aromatic carbocycles. The molecule has 0 saturated carbocycles. The minimum Gasteiger partial charge on any atom is -0.382 e. The molecular weight excluding hydrogens is 525 g/mol. The van der Waals surface area contributed by atoms with E-state index in [4.69, 9.17) is 10.7 Å². The molecule has 0 aliphatic carbocycles. The number of rotatable bonds is 4. The number of nitrogen functional groups attached to an aromatic ring is 1. The number of piperidine rings is 1. The first-order valence-electron chi connectivity index (χ1n) is 12.7. The highest BCUT2D eigenvalue weighted by Gasteiger charge is 2.41. The zero-order valence-corrected chi connectivity index (χ0v) is 21.4. The molecule has 10 nitrogen and oxygen atoms in total. The van der Waals surface area contributed by atoms with Crippen molar-refractivity contribution in [1.29, 1.82) is 0 Å². The highest BCUT2D eigenvalue weighted by molar-refractivity contribution is 6.04. The third-order valence-electron chi connectivity index (χ3n) is 7.49. The van der Waals surface area contributed by atoms with Gasteiger partial charge in [-0.1, -0.05) is 12.1 Å². The van der Waals surface area contributed by atoms with Crippen molar-refractivity contribution in [3.8, 4) is 11.3 Å². The van der Waals surface area contributed by atoms with E-state index in [2.05, 4.69) is 15.3 Å². The minimum atomic E-state index is -4.55. The number of amides is 3. The Balaban J connectivity index is 1.28. The lowest BCUT2D eigenvalue weighted by molar-refractivity contribution is -0.137. The molecule has 2 atom stereocenters. The molecule has 2 fully saturated rings. The fourth-order valence-corrected chi connectivity index (χ4v) is 5.50.